The quantitative estimate of drug-likeness (QED) is 0.214. The number of Topliss-reactive ketones (excluding diaryl/α,β-unsaturated/α-hetero) is 1. The highest BCUT2D eigenvalue weighted by Crippen LogP contribution is 2.45. The predicted octanol–water partition coefficient (Wildman–Crippen LogP) is 5.36. The fourth-order valence-corrected chi connectivity index (χ4v) is 5.61. The lowest BCUT2D eigenvalue weighted by Crippen LogP contribution is -2.29. The number of hydrogen-bond donors (Lipinski definition) is 1. The molecule has 1 unspecified atom stereocenters. The largest absolute Gasteiger partial charge is 0.507 e. The first-order chi connectivity index (χ1) is 17.9. The van der Waals surface area contributed by atoms with Gasteiger partial charge in [0.2, 0.25) is 0 Å². The number of anilines is 1. The molecule has 1 fully saturated rings. The molecule has 1 atom stereocenters. The highest BCUT2D eigenvalue weighted by atomic mass is 35.5. The van der Waals surface area contributed by atoms with Gasteiger partial charge in [0.1, 0.15) is 24.7 Å². The summed E-state index contributed by atoms with van der Waals surface area (Å²) in [4.78, 5) is 32.8. The first-order valence-electron chi connectivity index (χ1n) is 11.4. The number of aromatic nitrogens is 1. The minimum absolute atomic E-state index is 0.0548. The van der Waals surface area contributed by atoms with E-state index in [0.717, 1.165) is 4.70 Å². The molecular formula is C27H19ClN2O6S. The second kappa shape index (κ2) is 9.10. The number of nitrogens with zero attached hydrogens (tertiary/aromatic N) is 2. The molecule has 0 spiro atoms. The van der Waals surface area contributed by atoms with Crippen molar-refractivity contribution in [3.8, 4) is 17.2 Å². The van der Waals surface area contributed by atoms with Gasteiger partial charge in [-0.05, 0) is 54.1 Å². The molecule has 0 radical (unpaired) electrons. The van der Waals surface area contributed by atoms with Crippen molar-refractivity contribution in [1.82, 2.24) is 4.98 Å². The Balaban J connectivity index is 1.52. The van der Waals surface area contributed by atoms with Crippen LogP contribution in [0, 0.1) is 0 Å². The molecule has 3 heterocycles. The molecule has 2 aliphatic rings. The number of carbonyl (C=O) groups excluding carboxylic acids is 2. The Kier molecular flexibility index (Phi) is 5.73. The molecule has 1 amide bonds. The maximum absolute atomic E-state index is 13.4. The third-order valence-electron chi connectivity index (χ3n) is 6.24. The molecule has 1 aromatic heterocycles. The van der Waals surface area contributed by atoms with Crippen molar-refractivity contribution in [2.24, 2.45) is 0 Å². The summed E-state index contributed by atoms with van der Waals surface area (Å²) in [6, 6.07) is 16.1. The van der Waals surface area contributed by atoms with E-state index in [0.29, 0.717) is 57.3 Å². The summed E-state index contributed by atoms with van der Waals surface area (Å²) in [5, 5.41) is 12.2. The lowest BCUT2D eigenvalue weighted by atomic mass is 9.95. The van der Waals surface area contributed by atoms with E-state index in [2.05, 4.69) is 4.98 Å². The number of ketones is 1. The Hall–Kier alpha value is -4.08. The van der Waals surface area contributed by atoms with Crippen LogP contribution in [0.25, 0.3) is 16.0 Å². The smallest absolute Gasteiger partial charge is 0.301 e. The molecule has 1 saturated heterocycles. The number of carbonyl (C=O) groups is 2. The number of hydrogen-bond acceptors (Lipinski definition) is 8. The van der Waals surface area contributed by atoms with Gasteiger partial charge < -0.3 is 19.3 Å². The van der Waals surface area contributed by atoms with Crippen molar-refractivity contribution in [2.75, 3.05) is 25.2 Å². The molecule has 2 aliphatic heterocycles. The van der Waals surface area contributed by atoms with E-state index in [1.54, 1.807) is 61.7 Å². The molecule has 186 valence electrons. The Morgan fingerprint density at radius 3 is 2.57 bits per heavy atom. The summed E-state index contributed by atoms with van der Waals surface area (Å²) in [5.74, 6) is -0.275. The Labute approximate surface area is 220 Å². The van der Waals surface area contributed by atoms with Gasteiger partial charge in [0.15, 0.2) is 16.6 Å². The van der Waals surface area contributed by atoms with Crippen LogP contribution in [0.5, 0.6) is 17.2 Å². The second-order valence-corrected chi connectivity index (χ2v) is 9.85. The van der Waals surface area contributed by atoms with Crippen LogP contribution in [0.15, 0.2) is 66.2 Å². The normalized spacial score (nSPS) is 18.4. The molecule has 4 aromatic rings. The monoisotopic (exact) mass is 534 g/mol. The van der Waals surface area contributed by atoms with E-state index in [1.807, 2.05) is 6.07 Å². The van der Waals surface area contributed by atoms with Gasteiger partial charge in [-0.2, -0.15) is 0 Å². The number of amides is 1. The fourth-order valence-electron chi connectivity index (χ4n) is 4.46. The molecule has 6 rings (SSSR count). The molecule has 10 heteroatoms. The van der Waals surface area contributed by atoms with Crippen LogP contribution in [0.3, 0.4) is 0 Å². The van der Waals surface area contributed by atoms with Gasteiger partial charge in [-0.25, -0.2) is 4.98 Å². The van der Waals surface area contributed by atoms with E-state index >= 15 is 0 Å². The minimum atomic E-state index is -0.923. The fraction of sp³-hybridized carbons (Fsp3) is 0.148. The van der Waals surface area contributed by atoms with Crippen molar-refractivity contribution in [3.63, 3.8) is 0 Å². The highest BCUT2D eigenvalue weighted by Gasteiger charge is 2.48. The first kappa shape index (κ1) is 23.3. The molecular weight excluding hydrogens is 516 g/mol. The summed E-state index contributed by atoms with van der Waals surface area (Å²) < 4.78 is 17.3. The number of benzene rings is 3. The van der Waals surface area contributed by atoms with Crippen molar-refractivity contribution in [2.45, 2.75) is 6.04 Å². The van der Waals surface area contributed by atoms with Gasteiger partial charge in [0.25, 0.3) is 5.78 Å². The predicted molar refractivity (Wildman–Crippen MR) is 140 cm³/mol. The standard InChI is InChI=1S/C27H19ClN2O6S/c1-34-17-7-8-18-21(13-17)37-27(29-18)30-23(14-2-5-16(28)6-3-14)22(25(32)26(30)33)24(31)15-4-9-19-20(12-15)36-11-10-35-19/h2-9,12-13,23,31H,10-11H2,1H3. The topological polar surface area (TPSA) is 98.2 Å². The summed E-state index contributed by atoms with van der Waals surface area (Å²) in [6.45, 7) is 0.794. The molecule has 8 nitrogen and oxygen atoms in total. The zero-order valence-corrected chi connectivity index (χ0v) is 21.0. The number of rotatable bonds is 4. The van der Waals surface area contributed by atoms with Crippen molar-refractivity contribution < 1.29 is 28.9 Å². The number of methoxy groups -OCH3 is 1. The average molecular weight is 535 g/mol. The maximum atomic E-state index is 13.4. The van der Waals surface area contributed by atoms with Crippen molar-refractivity contribution >= 4 is 55.7 Å². The van der Waals surface area contributed by atoms with Gasteiger partial charge in [-0.1, -0.05) is 35.1 Å². The third kappa shape index (κ3) is 3.96. The van der Waals surface area contributed by atoms with Crippen molar-refractivity contribution in [3.05, 3.63) is 82.4 Å². The Morgan fingerprint density at radius 1 is 1.05 bits per heavy atom. The van der Waals surface area contributed by atoms with E-state index < -0.39 is 17.7 Å². The lowest BCUT2D eigenvalue weighted by Gasteiger charge is -2.23. The number of aliphatic hydroxyl groups excluding tert-OH is 1. The molecule has 37 heavy (non-hydrogen) atoms. The summed E-state index contributed by atoms with van der Waals surface area (Å²) >= 11 is 7.37. The number of ether oxygens (including phenoxy) is 3. The summed E-state index contributed by atoms with van der Waals surface area (Å²) in [5.41, 5.74) is 1.53. The number of fused-ring (bicyclic) bond motifs is 2. The van der Waals surface area contributed by atoms with Gasteiger partial charge in [0.05, 0.1) is 28.9 Å². The Bertz CT molecular complexity index is 1600. The second-order valence-electron chi connectivity index (χ2n) is 8.41. The van der Waals surface area contributed by atoms with E-state index in [-0.39, 0.29) is 11.3 Å². The van der Waals surface area contributed by atoms with Crippen molar-refractivity contribution in [1.29, 1.82) is 0 Å². The Morgan fingerprint density at radius 2 is 1.81 bits per heavy atom. The number of thiazole rings is 1. The third-order valence-corrected chi connectivity index (χ3v) is 7.51. The van der Waals surface area contributed by atoms with Crippen LogP contribution in [-0.2, 0) is 9.59 Å². The molecule has 3 aromatic carbocycles. The molecule has 0 bridgehead atoms. The average Bonchev–Trinajstić information content (AvgIpc) is 3.46. The summed E-state index contributed by atoms with van der Waals surface area (Å²) in [6.07, 6.45) is 0. The highest BCUT2D eigenvalue weighted by molar-refractivity contribution is 7.22. The van der Waals surface area contributed by atoms with Crippen LogP contribution in [-0.4, -0.2) is 42.1 Å². The maximum Gasteiger partial charge on any atom is 0.301 e. The summed E-state index contributed by atoms with van der Waals surface area (Å²) in [7, 11) is 1.57. The van der Waals surface area contributed by atoms with Gasteiger partial charge >= 0.3 is 5.91 Å². The molecule has 0 aliphatic carbocycles. The van der Waals surface area contributed by atoms with Crippen LogP contribution in [0.1, 0.15) is 17.2 Å². The van der Waals surface area contributed by atoms with Gasteiger partial charge in [-0.15, -0.1) is 0 Å². The number of halogens is 1. The van der Waals surface area contributed by atoms with Crippen LogP contribution >= 0.6 is 22.9 Å². The number of aliphatic hydroxyl groups is 1. The van der Waals surface area contributed by atoms with E-state index in [9.17, 15) is 14.7 Å². The van der Waals surface area contributed by atoms with E-state index in [4.69, 9.17) is 25.8 Å². The van der Waals surface area contributed by atoms with Crippen LogP contribution in [0.2, 0.25) is 5.02 Å². The lowest BCUT2D eigenvalue weighted by molar-refractivity contribution is -0.132. The van der Waals surface area contributed by atoms with Crippen LogP contribution in [0.4, 0.5) is 5.13 Å². The molecule has 0 saturated carbocycles. The minimum Gasteiger partial charge on any atom is -0.507 e. The van der Waals surface area contributed by atoms with E-state index in [1.165, 1.54) is 16.2 Å². The van der Waals surface area contributed by atoms with Gasteiger partial charge in [0, 0.05) is 10.6 Å². The SMILES string of the molecule is COc1ccc2nc(N3C(=O)C(=O)C(=C(O)c4ccc5c(c4)OCCO5)C3c3ccc(Cl)cc3)sc2c1. The zero-order chi connectivity index (χ0) is 25.7. The van der Waals surface area contributed by atoms with Crippen LogP contribution < -0.4 is 19.1 Å². The zero-order valence-electron chi connectivity index (χ0n) is 19.4. The first-order valence-corrected chi connectivity index (χ1v) is 12.5. The van der Waals surface area contributed by atoms with Gasteiger partial charge in [-0.3, -0.25) is 14.5 Å². The molecule has 1 N–H and O–H groups in total.